The standard InChI is InChI=1S/C12H15N3O2S/c1-17-11(16)10-7-4-2-3-5-8(7)15-9(10)6-18-12(13)14/h2-5,11,15-16H,6H2,1H3,(H3,13,14). The van der Waals surface area contributed by atoms with E-state index in [-0.39, 0.29) is 5.17 Å². The SMILES string of the molecule is COC(O)c1c(CSC(=N)N)[nH]c2ccccc12. The van der Waals surface area contributed by atoms with Gasteiger partial charge in [0.05, 0.1) is 0 Å². The minimum atomic E-state index is -0.983. The van der Waals surface area contributed by atoms with Crippen LogP contribution in [0.4, 0.5) is 0 Å². The van der Waals surface area contributed by atoms with Gasteiger partial charge >= 0.3 is 0 Å². The largest absolute Gasteiger partial charge is 0.379 e. The van der Waals surface area contributed by atoms with Crippen molar-refractivity contribution >= 4 is 27.8 Å². The van der Waals surface area contributed by atoms with E-state index in [1.807, 2.05) is 24.3 Å². The number of ether oxygens (including phenoxy) is 1. The molecule has 0 fully saturated rings. The van der Waals surface area contributed by atoms with Crippen molar-refractivity contribution < 1.29 is 9.84 Å². The van der Waals surface area contributed by atoms with E-state index in [1.165, 1.54) is 18.9 Å². The average molecular weight is 265 g/mol. The van der Waals surface area contributed by atoms with Crippen LogP contribution in [0.25, 0.3) is 10.9 Å². The number of amidine groups is 1. The van der Waals surface area contributed by atoms with Gasteiger partial charge in [-0.3, -0.25) is 5.41 Å². The second-order valence-corrected chi connectivity index (χ2v) is 4.82. The van der Waals surface area contributed by atoms with Gasteiger partial charge in [-0.25, -0.2) is 0 Å². The van der Waals surface area contributed by atoms with E-state index in [0.29, 0.717) is 11.3 Å². The molecular formula is C12H15N3O2S. The predicted octanol–water partition coefficient (Wildman–Crippen LogP) is 1.93. The Morgan fingerprint density at radius 2 is 2.28 bits per heavy atom. The second kappa shape index (κ2) is 5.43. The highest BCUT2D eigenvalue weighted by molar-refractivity contribution is 8.13. The molecule has 0 aliphatic rings. The molecule has 0 aliphatic heterocycles. The van der Waals surface area contributed by atoms with Crippen LogP contribution in [0.1, 0.15) is 17.5 Å². The molecule has 0 amide bonds. The number of nitrogens with one attached hydrogen (secondary N) is 2. The van der Waals surface area contributed by atoms with Crippen molar-refractivity contribution in [1.29, 1.82) is 5.41 Å². The number of aliphatic hydroxyl groups is 1. The molecule has 1 atom stereocenters. The quantitative estimate of drug-likeness (QED) is 0.386. The van der Waals surface area contributed by atoms with Gasteiger partial charge in [0.25, 0.3) is 0 Å². The van der Waals surface area contributed by atoms with Crippen molar-refractivity contribution in [2.75, 3.05) is 7.11 Å². The first-order valence-corrected chi connectivity index (χ1v) is 6.39. The van der Waals surface area contributed by atoms with Crippen LogP contribution in [0, 0.1) is 5.41 Å². The first-order chi connectivity index (χ1) is 8.63. The third-order valence-electron chi connectivity index (χ3n) is 2.67. The number of nitrogens with two attached hydrogens (primary N) is 1. The lowest BCUT2D eigenvalue weighted by Gasteiger charge is -2.10. The number of aromatic amines is 1. The maximum atomic E-state index is 9.93. The first-order valence-electron chi connectivity index (χ1n) is 5.40. The van der Waals surface area contributed by atoms with E-state index < -0.39 is 6.29 Å². The Balaban J connectivity index is 2.46. The zero-order valence-corrected chi connectivity index (χ0v) is 10.8. The van der Waals surface area contributed by atoms with Crippen molar-refractivity contribution in [2.24, 2.45) is 5.73 Å². The smallest absolute Gasteiger partial charge is 0.183 e. The molecule has 0 bridgehead atoms. The molecule has 1 heterocycles. The van der Waals surface area contributed by atoms with Gasteiger partial charge in [0.2, 0.25) is 0 Å². The summed E-state index contributed by atoms with van der Waals surface area (Å²) in [5, 5.41) is 18.1. The van der Waals surface area contributed by atoms with E-state index in [1.54, 1.807) is 0 Å². The molecule has 0 spiro atoms. The predicted molar refractivity (Wildman–Crippen MR) is 73.5 cm³/mol. The summed E-state index contributed by atoms with van der Waals surface area (Å²) in [6.45, 7) is 0. The number of thioether (sulfide) groups is 1. The van der Waals surface area contributed by atoms with Crippen molar-refractivity contribution in [1.82, 2.24) is 4.98 Å². The highest BCUT2D eigenvalue weighted by Crippen LogP contribution is 2.30. The topological polar surface area (TPSA) is 95.1 Å². The molecule has 0 saturated heterocycles. The minimum Gasteiger partial charge on any atom is -0.379 e. The number of fused-ring (bicyclic) bond motifs is 1. The normalized spacial score (nSPS) is 12.8. The summed E-state index contributed by atoms with van der Waals surface area (Å²) in [6, 6.07) is 7.68. The summed E-state index contributed by atoms with van der Waals surface area (Å²) in [6.07, 6.45) is -0.983. The Morgan fingerprint density at radius 1 is 1.56 bits per heavy atom. The van der Waals surface area contributed by atoms with Crippen LogP contribution < -0.4 is 5.73 Å². The summed E-state index contributed by atoms with van der Waals surface area (Å²) >= 11 is 1.20. The number of hydrogen-bond donors (Lipinski definition) is 4. The second-order valence-electron chi connectivity index (χ2n) is 3.80. The van der Waals surface area contributed by atoms with E-state index in [4.69, 9.17) is 15.9 Å². The third-order valence-corrected chi connectivity index (χ3v) is 3.41. The summed E-state index contributed by atoms with van der Waals surface area (Å²) < 4.78 is 4.99. The van der Waals surface area contributed by atoms with E-state index in [2.05, 4.69) is 4.98 Å². The molecule has 5 N–H and O–H groups in total. The summed E-state index contributed by atoms with van der Waals surface area (Å²) in [7, 11) is 1.45. The van der Waals surface area contributed by atoms with Gasteiger partial charge in [0.15, 0.2) is 11.5 Å². The number of rotatable bonds is 4. The van der Waals surface area contributed by atoms with Crippen LogP contribution in [0.3, 0.4) is 0 Å². The van der Waals surface area contributed by atoms with Crippen LogP contribution >= 0.6 is 11.8 Å². The Bertz CT molecular complexity index is 567. The van der Waals surface area contributed by atoms with Crippen LogP contribution in [0.15, 0.2) is 24.3 Å². The van der Waals surface area contributed by atoms with Crippen molar-refractivity contribution in [3.05, 3.63) is 35.5 Å². The lowest BCUT2D eigenvalue weighted by Crippen LogP contribution is -2.06. The Kier molecular flexibility index (Phi) is 3.90. The van der Waals surface area contributed by atoms with Gasteiger partial charge < -0.3 is 20.6 Å². The molecule has 2 rings (SSSR count). The molecule has 0 aliphatic carbocycles. The lowest BCUT2D eigenvalue weighted by atomic mass is 10.1. The molecule has 2 aromatic rings. The Labute approximate surface area is 109 Å². The van der Waals surface area contributed by atoms with Gasteiger partial charge in [-0.05, 0) is 6.07 Å². The monoisotopic (exact) mass is 265 g/mol. The molecule has 0 saturated carbocycles. The first kappa shape index (κ1) is 12.9. The molecule has 0 radical (unpaired) electrons. The van der Waals surface area contributed by atoms with Crippen LogP contribution in [-0.2, 0) is 10.5 Å². The van der Waals surface area contributed by atoms with Gasteiger partial charge in [0.1, 0.15) is 0 Å². The molecule has 1 unspecified atom stereocenters. The summed E-state index contributed by atoms with van der Waals surface area (Å²) in [5.41, 5.74) is 7.80. The fourth-order valence-corrected chi connectivity index (χ4v) is 2.41. The van der Waals surface area contributed by atoms with E-state index in [9.17, 15) is 5.11 Å². The highest BCUT2D eigenvalue weighted by atomic mass is 32.2. The Morgan fingerprint density at radius 3 is 2.94 bits per heavy atom. The van der Waals surface area contributed by atoms with Gasteiger partial charge in [0, 0.05) is 35.0 Å². The van der Waals surface area contributed by atoms with Crippen LogP contribution in [0.5, 0.6) is 0 Å². The van der Waals surface area contributed by atoms with Crippen molar-refractivity contribution in [3.63, 3.8) is 0 Å². The number of aliphatic hydroxyl groups excluding tert-OH is 1. The van der Waals surface area contributed by atoms with Crippen LogP contribution in [-0.4, -0.2) is 22.4 Å². The number of hydrogen-bond acceptors (Lipinski definition) is 4. The number of aromatic nitrogens is 1. The molecular weight excluding hydrogens is 250 g/mol. The zero-order chi connectivity index (χ0) is 13.1. The molecule has 96 valence electrons. The average Bonchev–Trinajstić information content (AvgIpc) is 2.73. The number of benzene rings is 1. The fourth-order valence-electron chi connectivity index (χ4n) is 1.88. The summed E-state index contributed by atoms with van der Waals surface area (Å²) in [5.74, 6) is 0.500. The molecule has 6 heteroatoms. The molecule has 1 aromatic carbocycles. The molecule has 18 heavy (non-hydrogen) atoms. The van der Waals surface area contributed by atoms with E-state index >= 15 is 0 Å². The highest BCUT2D eigenvalue weighted by Gasteiger charge is 2.18. The lowest BCUT2D eigenvalue weighted by molar-refractivity contribution is -0.0763. The van der Waals surface area contributed by atoms with Crippen LogP contribution in [0.2, 0.25) is 0 Å². The van der Waals surface area contributed by atoms with Gasteiger partial charge in [-0.2, -0.15) is 0 Å². The fraction of sp³-hybridized carbons (Fsp3) is 0.250. The maximum Gasteiger partial charge on any atom is 0.183 e. The Hall–Kier alpha value is -1.50. The number of methoxy groups -OCH3 is 1. The molecule has 5 nitrogen and oxygen atoms in total. The van der Waals surface area contributed by atoms with Crippen molar-refractivity contribution in [2.45, 2.75) is 12.0 Å². The van der Waals surface area contributed by atoms with E-state index in [0.717, 1.165) is 16.6 Å². The minimum absolute atomic E-state index is 0.0477. The number of H-pyrrole nitrogens is 1. The van der Waals surface area contributed by atoms with Crippen molar-refractivity contribution in [3.8, 4) is 0 Å². The number of para-hydroxylation sites is 1. The van der Waals surface area contributed by atoms with Gasteiger partial charge in [-0.15, -0.1) is 0 Å². The maximum absolute atomic E-state index is 9.93. The molecule has 1 aromatic heterocycles. The summed E-state index contributed by atoms with van der Waals surface area (Å²) in [4.78, 5) is 3.22. The third kappa shape index (κ3) is 2.50. The van der Waals surface area contributed by atoms with Gasteiger partial charge in [-0.1, -0.05) is 30.0 Å². The zero-order valence-electron chi connectivity index (χ0n) is 9.93.